The first kappa shape index (κ1) is 12.2. The van der Waals surface area contributed by atoms with E-state index in [-0.39, 0.29) is 6.61 Å². The summed E-state index contributed by atoms with van der Waals surface area (Å²) in [5.74, 6) is 0. The van der Waals surface area contributed by atoms with Crippen LogP contribution < -0.4 is 4.46 Å². The third-order valence-electron chi connectivity index (χ3n) is 2.53. The molecule has 1 atom stereocenters. The van der Waals surface area contributed by atoms with Gasteiger partial charge in [-0.05, 0) is 0 Å². The first-order valence-electron chi connectivity index (χ1n) is 5.42. The predicted octanol–water partition coefficient (Wildman–Crippen LogP) is 1.59. The van der Waals surface area contributed by atoms with Crippen LogP contribution in [0.4, 0.5) is 0 Å². The molecule has 0 saturated carbocycles. The molecule has 2 aromatic rings. The molecule has 2 rings (SSSR count). The fourth-order valence-corrected chi connectivity index (χ4v) is 4.40. The zero-order valence-electron chi connectivity index (χ0n) is 9.37. The van der Waals surface area contributed by atoms with Gasteiger partial charge in [0.25, 0.3) is 0 Å². The summed E-state index contributed by atoms with van der Waals surface area (Å²) in [6.07, 6.45) is 0. The molecule has 17 heavy (non-hydrogen) atoms. The molecule has 0 amide bonds. The van der Waals surface area contributed by atoms with Crippen LogP contribution in [0, 0.1) is 0 Å². The van der Waals surface area contributed by atoms with Crippen LogP contribution in [0.1, 0.15) is 11.1 Å². The number of aliphatic hydroxyl groups is 1. The molecule has 2 aromatic carbocycles. The third kappa shape index (κ3) is 3.10. The molecule has 0 spiro atoms. The van der Waals surface area contributed by atoms with E-state index < -0.39 is 13.8 Å². The summed E-state index contributed by atoms with van der Waals surface area (Å²) in [7, 11) is 0. The van der Waals surface area contributed by atoms with Gasteiger partial charge in [-0.25, -0.2) is 0 Å². The van der Waals surface area contributed by atoms with Crippen LogP contribution in [0.15, 0.2) is 54.6 Å². The second-order valence-corrected chi connectivity index (χ2v) is 6.72. The van der Waals surface area contributed by atoms with Crippen molar-refractivity contribution in [2.75, 3.05) is 0 Å². The van der Waals surface area contributed by atoms with Crippen LogP contribution in [0.5, 0.6) is 0 Å². The normalized spacial score (nSPS) is 12.3. The third-order valence-corrected chi connectivity index (χ3v) is 5.64. The number of aliphatic hydroxyl groups excluding tert-OH is 1. The van der Waals surface area contributed by atoms with Gasteiger partial charge in [-0.15, -0.1) is 0 Å². The molecule has 0 heterocycles. The Morgan fingerprint density at radius 3 is 2.29 bits per heavy atom. The molecule has 0 saturated heterocycles. The molecule has 0 aliphatic heterocycles. The number of hydrogen-bond acceptors (Lipinski definition) is 2. The fourth-order valence-electron chi connectivity index (χ4n) is 1.66. The summed E-state index contributed by atoms with van der Waals surface area (Å²) >= 11 is -2.11. The summed E-state index contributed by atoms with van der Waals surface area (Å²) in [6, 6.07) is 17.2. The zero-order valence-corrected chi connectivity index (χ0v) is 11.1. The molecule has 0 fully saturated rings. The van der Waals surface area contributed by atoms with E-state index in [0.717, 1.165) is 15.6 Å². The van der Waals surface area contributed by atoms with Crippen molar-refractivity contribution in [1.82, 2.24) is 0 Å². The molecule has 0 aromatic heterocycles. The van der Waals surface area contributed by atoms with Crippen LogP contribution in [-0.4, -0.2) is 18.9 Å². The van der Waals surface area contributed by atoms with E-state index in [0.29, 0.717) is 5.32 Å². The Hall–Kier alpha value is -1.28. The van der Waals surface area contributed by atoms with Gasteiger partial charge in [0, 0.05) is 0 Å². The SMILES string of the molecule is O=[Se](Cc1ccccc1)c1ccccc1CO. The Labute approximate surface area is 105 Å². The van der Waals surface area contributed by atoms with Gasteiger partial charge in [-0.1, -0.05) is 0 Å². The average Bonchev–Trinajstić information content (AvgIpc) is 2.40. The van der Waals surface area contributed by atoms with Crippen molar-refractivity contribution in [3.63, 3.8) is 0 Å². The Morgan fingerprint density at radius 2 is 1.59 bits per heavy atom. The molecule has 1 unspecified atom stereocenters. The summed E-state index contributed by atoms with van der Waals surface area (Å²) in [5, 5.41) is 9.80. The van der Waals surface area contributed by atoms with Gasteiger partial charge in [-0.3, -0.25) is 0 Å². The van der Waals surface area contributed by atoms with Gasteiger partial charge in [0.1, 0.15) is 0 Å². The number of benzene rings is 2. The maximum absolute atomic E-state index is 12.3. The van der Waals surface area contributed by atoms with Crippen LogP contribution in [0.3, 0.4) is 0 Å². The second-order valence-electron chi connectivity index (χ2n) is 3.74. The molecule has 0 radical (unpaired) electrons. The van der Waals surface area contributed by atoms with Crippen molar-refractivity contribution in [3.05, 3.63) is 65.7 Å². The van der Waals surface area contributed by atoms with E-state index >= 15 is 0 Å². The second kappa shape index (κ2) is 5.87. The fraction of sp³-hybridized carbons (Fsp3) is 0.143. The average molecular weight is 293 g/mol. The molecule has 0 bridgehead atoms. The first-order chi connectivity index (χ1) is 8.31. The maximum atomic E-state index is 12.3. The van der Waals surface area contributed by atoms with E-state index in [2.05, 4.69) is 0 Å². The van der Waals surface area contributed by atoms with Gasteiger partial charge in [0.2, 0.25) is 0 Å². The van der Waals surface area contributed by atoms with Crippen molar-refractivity contribution in [2.45, 2.75) is 11.9 Å². The molecule has 88 valence electrons. The van der Waals surface area contributed by atoms with Crippen LogP contribution in [0.2, 0.25) is 0 Å². The monoisotopic (exact) mass is 294 g/mol. The summed E-state index contributed by atoms with van der Waals surface area (Å²) in [4.78, 5) is 0. The number of rotatable bonds is 4. The standard InChI is InChI=1S/C14H14O2Se/c15-10-13-8-4-5-9-14(13)17(16)11-12-6-2-1-3-7-12/h1-9,15H,10-11H2. The van der Waals surface area contributed by atoms with Crippen molar-refractivity contribution >= 4 is 18.3 Å². The van der Waals surface area contributed by atoms with Gasteiger partial charge >= 0.3 is 105 Å². The van der Waals surface area contributed by atoms with Crippen molar-refractivity contribution in [1.29, 1.82) is 0 Å². The first-order valence-corrected chi connectivity index (χ1v) is 8.19. The molecular weight excluding hydrogens is 279 g/mol. The van der Waals surface area contributed by atoms with Crippen molar-refractivity contribution in [2.24, 2.45) is 0 Å². The van der Waals surface area contributed by atoms with Crippen molar-refractivity contribution < 1.29 is 8.94 Å². The molecular formula is C14H14O2Se. The predicted molar refractivity (Wildman–Crippen MR) is 68.6 cm³/mol. The summed E-state index contributed by atoms with van der Waals surface area (Å²) in [5.41, 5.74) is 1.86. The summed E-state index contributed by atoms with van der Waals surface area (Å²) in [6.45, 7) is -0.0484. The summed E-state index contributed by atoms with van der Waals surface area (Å²) < 4.78 is 13.1. The molecule has 2 nitrogen and oxygen atoms in total. The van der Waals surface area contributed by atoms with Gasteiger partial charge in [0.05, 0.1) is 0 Å². The minimum absolute atomic E-state index is 0.0484. The molecule has 0 aliphatic rings. The van der Waals surface area contributed by atoms with E-state index in [4.69, 9.17) is 0 Å². The zero-order chi connectivity index (χ0) is 12.1. The Kier molecular flexibility index (Phi) is 4.21. The Morgan fingerprint density at radius 1 is 0.941 bits per heavy atom. The van der Waals surface area contributed by atoms with E-state index in [1.54, 1.807) is 0 Å². The van der Waals surface area contributed by atoms with Crippen LogP contribution in [0.25, 0.3) is 0 Å². The van der Waals surface area contributed by atoms with Crippen LogP contribution in [-0.2, 0) is 15.8 Å². The quantitative estimate of drug-likeness (QED) is 0.869. The molecule has 1 N–H and O–H groups in total. The van der Waals surface area contributed by atoms with Gasteiger partial charge < -0.3 is 0 Å². The molecule has 0 aliphatic carbocycles. The van der Waals surface area contributed by atoms with E-state index in [1.807, 2.05) is 54.6 Å². The van der Waals surface area contributed by atoms with Gasteiger partial charge in [-0.2, -0.15) is 0 Å². The molecule has 3 heteroatoms. The topological polar surface area (TPSA) is 37.3 Å². The van der Waals surface area contributed by atoms with Crippen LogP contribution >= 0.6 is 0 Å². The van der Waals surface area contributed by atoms with E-state index in [1.165, 1.54) is 0 Å². The van der Waals surface area contributed by atoms with Crippen molar-refractivity contribution in [3.8, 4) is 0 Å². The minimum atomic E-state index is -2.11. The Bertz CT molecular complexity index is 509. The Balaban J connectivity index is 2.20. The van der Waals surface area contributed by atoms with E-state index in [9.17, 15) is 8.94 Å². The number of hydrogen-bond donors (Lipinski definition) is 1. The van der Waals surface area contributed by atoms with Gasteiger partial charge in [0.15, 0.2) is 0 Å².